The van der Waals surface area contributed by atoms with Crippen LogP contribution in [0.4, 0.5) is 0 Å². The molecule has 4 rings (SSSR count). The van der Waals surface area contributed by atoms with Crippen molar-refractivity contribution in [2.45, 2.75) is 37.7 Å². The fraction of sp³-hybridized carbons (Fsp3) is 0.333. The number of hydrogen-bond acceptors (Lipinski definition) is 4. The molecule has 134 valence electrons. The van der Waals surface area contributed by atoms with Gasteiger partial charge in [0.2, 0.25) is 6.10 Å². The standard InChI is InChI=1S/C21H22N2O3/c24-21(20-14-25-18-8-4-5-9-19(18)26-20)23-22-17-12-10-16(11-13-17)15-6-2-1-3-7-15/h1-9,16,20H,10-14H2,(H,23,24)/t16?,20-/m1/s1. The summed E-state index contributed by atoms with van der Waals surface area (Å²) >= 11 is 0. The average molecular weight is 350 g/mol. The number of amides is 1. The van der Waals surface area contributed by atoms with Crippen LogP contribution in [0.3, 0.4) is 0 Å². The zero-order valence-electron chi connectivity index (χ0n) is 14.6. The molecule has 1 heterocycles. The van der Waals surface area contributed by atoms with Gasteiger partial charge in [0.25, 0.3) is 5.91 Å². The van der Waals surface area contributed by atoms with Crippen LogP contribution in [0.25, 0.3) is 0 Å². The van der Waals surface area contributed by atoms with Gasteiger partial charge in [0.05, 0.1) is 0 Å². The predicted molar refractivity (Wildman–Crippen MR) is 99.6 cm³/mol. The van der Waals surface area contributed by atoms with Crippen LogP contribution in [0.1, 0.15) is 37.2 Å². The molecular weight excluding hydrogens is 328 g/mol. The molecule has 0 radical (unpaired) electrons. The van der Waals surface area contributed by atoms with E-state index in [9.17, 15) is 4.79 Å². The number of hydrazone groups is 1. The smallest absolute Gasteiger partial charge is 0.284 e. The molecule has 26 heavy (non-hydrogen) atoms. The average Bonchev–Trinajstić information content (AvgIpc) is 2.72. The number of fused-ring (bicyclic) bond motifs is 1. The third-order valence-electron chi connectivity index (χ3n) is 4.96. The Labute approximate surface area is 153 Å². The van der Waals surface area contributed by atoms with Gasteiger partial charge >= 0.3 is 0 Å². The number of rotatable bonds is 3. The molecule has 1 N–H and O–H groups in total. The fourth-order valence-corrected chi connectivity index (χ4v) is 3.48. The molecule has 1 fully saturated rings. The Balaban J connectivity index is 1.30. The molecule has 0 aromatic heterocycles. The minimum Gasteiger partial charge on any atom is -0.485 e. The molecular formula is C21H22N2O3. The Bertz CT molecular complexity index is 794. The highest BCUT2D eigenvalue weighted by atomic mass is 16.6. The summed E-state index contributed by atoms with van der Waals surface area (Å²) in [4.78, 5) is 12.3. The van der Waals surface area contributed by atoms with Crippen molar-refractivity contribution in [3.63, 3.8) is 0 Å². The van der Waals surface area contributed by atoms with Crippen LogP contribution in [0.2, 0.25) is 0 Å². The van der Waals surface area contributed by atoms with Gasteiger partial charge in [-0.1, -0.05) is 42.5 Å². The molecule has 0 spiro atoms. The monoisotopic (exact) mass is 350 g/mol. The molecule has 0 unspecified atom stereocenters. The van der Waals surface area contributed by atoms with Crippen LogP contribution < -0.4 is 14.9 Å². The number of carbonyl (C=O) groups excluding carboxylic acids is 1. The molecule has 1 atom stereocenters. The highest BCUT2D eigenvalue weighted by Gasteiger charge is 2.27. The Morgan fingerprint density at radius 3 is 2.42 bits per heavy atom. The van der Waals surface area contributed by atoms with Gasteiger partial charge in [-0.15, -0.1) is 0 Å². The predicted octanol–water partition coefficient (Wildman–Crippen LogP) is 3.66. The Hall–Kier alpha value is -2.82. The van der Waals surface area contributed by atoms with E-state index in [2.05, 4.69) is 34.8 Å². The van der Waals surface area contributed by atoms with E-state index in [0.717, 1.165) is 31.4 Å². The van der Waals surface area contributed by atoms with E-state index in [1.54, 1.807) is 6.07 Å². The highest BCUT2D eigenvalue weighted by Crippen LogP contribution is 2.32. The number of nitrogens with one attached hydrogen (secondary N) is 1. The Morgan fingerprint density at radius 2 is 1.65 bits per heavy atom. The maximum Gasteiger partial charge on any atom is 0.284 e. The normalized spacial score (nSPS) is 21.8. The molecule has 1 amide bonds. The second-order valence-corrected chi connectivity index (χ2v) is 6.70. The molecule has 0 saturated heterocycles. The molecule has 5 nitrogen and oxygen atoms in total. The quantitative estimate of drug-likeness (QED) is 0.860. The molecule has 0 bridgehead atoms. The molecule has 1 aliphatic heterocycles. The first-order valence-corrected chi connectivity index (χ1v) is 9.08. The third kappa shape index (κ3) is 3.72. The summed E-state index contributed by atoms with van der Waals surface area (Å²) in [6.45, 7) is 0.198. The number of ether oxygens (including phenoxy) is 2. The van der Waals surface area contributed by atoms with E-state index in [-0.39, 0.29) is 12.5 Å². The van der Waals surface area contributed by atoms with Crippen LogP contribution in [-0.4, -0.2) is 24.3 Å². The van der Waals surface area contributed by atoms with Crippen LogP contribution in [0.5, 0.6) is 11.5 Å². The topological polar surface area (TPSA) is 59.9 Å². The minimum absolute atomic E-state index is 0.198. The van der Waals surface area contributed by atoms with E-state index >= 15 is 0 Å². The van der Waals surface area contributed by atoms with E-state index in [4.69, 9.17) is 9.47 Å². The molecule has 2 aromatic rings. The van der Waals surface area contributed by atoms with Crippen molar-refractivity contribution in [1.82, 2.24) is 5.43 Å². The van der Waals surface area contributed by atoms with Gasteiger partial charge in [-0.25, -0.2) is 5.43 Å². The lowest BCUT2D eigenvalue weighted by molar-refractivity contribution is -0.130. The lowest BCUT2D eigenvalue weighted by Gasteiger charge is -2.25. The number of para-hydroxylation sites is 2. The largest absolute Gasteiger partial charge is 0.485 e. The minimum atomic E-state index is -0.671. The highest BCUT2D eigenvalue weighted by molar-refractivity contribution is 5.88. The molecule has 1 aliphatic carbocycles. The summed E-state index contributed by atoms with van der Waals surface area (Å²) in [5, 5.41) is 4.32. The van der Waals surface area contributed by atoms with Crippen molar-refractivity contribution in [1.29, 1.82) is 0 Å². The van der Waals surface area contributed by atoms with Gasteiger partial charge in [0.1, 0.15) is 6.61 Å². The van der Waals surface area contributed by atoms with Crippen molar-refractivity contribution in [3.8, 4) is 11.5 Å². The number of hydrogen-bond donors (Lipinski definition) is 1. The first-order valence-electron chi connectivity index (χ1n) is 9.08. The van der Waals surface area contributed by atoms with Crippen molar-refractivity contribution in [2.24, 2.45) is 5.10 Å². The first kappa shape index (κ1) is 16.6. The zero-order valence-corrected chi connectivity index (χ0v) is 14.6. The van der Waals surface area contributed by atoms with Crippen molar-refractivity contribution in [3.05, 3.63) is 60.2 Å². The molecule has 1 saturated carbocycles. The summed E-state index contributed by atoms with van der Waals surface area (Å²) in [5.41, 5.74) is 5.09. The maximum atomic E-state index is 12.3. The van der Waals surface area contributed by atoms with Gasteiger partial charge in [-0.2, -0.15) is 5.10 Å². The molecule has 2 aromatic carbocycles. The van der Waals surface area contributed by atoms with E-state index in [1.165, 1.54) is 5.56 Å². The third-order valence-corrected chi connectivity index (χ3v) is 4.96. The zero-order chi connectivity index (χ0) is 17.8. The number of nitrogens with zero attached hydrogens (tertiary/aromatic N) is 1. The summed E-state index contributed by atoms with van der Waals surface area (Å²) < 4.78 is 11.3. The van der Waals surface area contributed by atoms with E-state index in [0.29, 0.717) is 17.4 Å². The van der Waals surface area contributed by atoms with Gasteiger partial charge < -0.3 is 9.47 Å². The summed E-state index contributed by atoms with van der Waals surface area (Å²) in [6, 6.07) is 17.9. The first-order chi connectivity index (χ1) is 12.8. The SMILES string of the molecule is O=C(NN=C1CCC(c2ccccc2)CC1)[C@H]1COc2ccccc2O1. The van der Waals surface area contributed by atoms with Gasteiger partial charge in [-0.3, -0.25) is 4.79 Å². The van der Waals surface area contributed by atoms with E-state index < -0.39 is 6.10 Å². The summed E-state index contributed by atoms with van der Waals surface area (Å²) in [6.07, 6.45) is 3.27. The second kappa shape index (κ2) is 7.60. The van der Waals surface area contributed by atoms with Crippen LogP contribution in [-0.2, 0) is 4.79 Å². The van der Waals surface area contributed by atoms with Gasteiger partial charge in [-0.05, 0) is 49.3 Å². The number of carbonyl (C=O) groups is 1. The summed E-state index contributed by atoms with van der Waals surface area (Å²) in [7, 11) is 0. The van der Waals surface area contributed by atoms with Crippen LogP contribution in [0, 0.1) is 0 Å². The van der Waals surface area contributed by atoms with Gasteiger partial charge in [0, 0.05) is 5.71 Å². The van der Waals surface area contributed by atoms with Gasteiger partial charge in [0.15, 0.2) is 11.5 Å². The lowest BCUT2D eigenvalue weighted by Crippen LogP contribution is -2.42. The number of benzene rings is 2. The Morgan fingerprint density at radius 1 is 0.962 bits per heavy atom. The molecule has 2 aliphatic rings. The fourth-order valence-electron chi connectivity index (χ4n) is 3.48. The Kier molecular flexibility index (Phi) is 4.86. The van der Waals surface area contributed by atoms with Crippen LogP contribution >= 0.6 is 0 Å². The van der Waals surface area contributed by atoms with Crippen molar-refractivity contribution >= 4 is 11.6 Å². The van der Waals surface area contributed by atoms with Crippen molar-refractivity contribution < 1.29 is 14.3 Å². The van der Waals surface area contributed by atoms with Crippen LogP contribution in [0.15, 0.2) is 59.7 Å². The molecule has 5 heteroatoms. The van der Waals surface area contributed by atoms with Crippen molar-refractivity contribution in [2.75, 3.05) is 6.61 Å². The van der Waals surface area contributed by atoms with E-state index in [1.807, 2.05) is 24.3 Å². The lowest BCUT2D eigenvalue weighted by atomic mass is 9.83. The summed E-state index contributed by atoms with van der Waals surface area (Å²) in [5.74, 6) is 1.58. The second-order valence-electron chi connectivity index (χ2n) is 6.70. The maximum absolute atomic E-state index is 12.3.